The largest absolute Gasteiger partial charge is 0.452 e. The molecule has 0 saturated carbocycles. The van der Waals surface area contributed by atoms with Crippen molar-refractivity contribution >= 4 is 21.9 Å². The molecule has 1 aromatic carbocycles. The van der Waals surface area contributed by atoms with E-state index in [4.69, 9.17) is 9.47 Å². The summed E-state index contributed by atoms with van der Waals surface area (Å²) in [4.78, 5) is 26.6. The summed E-state index contributed by atoms with van der Waals surface area (Å²) in [5.74, 6) is -0.824. The van der Waals surface area contributed by atoms with Crippen molar-refractivity contribution in [3.05, 3.63) is 29.8 Å². The van der Waals surface area contributed by atoms with Crippen LogP contribution < -0.4 is 0 Å². The maximum Gasteiger partial charge on any atom is 0.338 e. The van der Waals surface area contributed by atoms with Gasteiger partial charge in [-0.05, 0) is 49.9 Å². The van der Waals surface area contributed by atoms with Crippen molar-refractivity contribution in [3.8, 4) is 0 Å². The summed E-state index contributed by atoms with van der Waals surface area (Å²) in [6, 6.07) is 5.81. The van der Waals surface area contributed by atoms with Crippen molar-refractivity contribution in [3.63, 3.8) is 0 Å². The Kier molecular flexibility index (Phi) is 7.26. The maximum atomic E-state index is 12.6. The third-order valence-electron chi connectivity index (χ3n) is 5.44. The number of sulfonamides is 1. The zero-order valence-electron chi connectivity index (χ0n) is 16.7. The van der Waals surface area contributed by atoms with Gasteiger partial charge in [0, 0.05) is 25.7 Å². The smallest absolute Gasteiger partial charge is 0.338 e. The molecular weight excluding hydrogens is 396 g/mol. The van der Waals surface area contributed by atoms with Crippen LogP contribution in [0.4, 0.5) is 0 Å². The Bertz CT molecular complexity index is 818. The number of benzene rings is 1. The number of carbonyl (C=O) groups is 2. The third-order valence-corrected chi connectivity index (χ3v) is 7.36. The van der Waals surface area contributed by atoms with Gasteiger partial charge in [0.25, 0.3) is 5.91 Å². The van der Waals surface area contributed by atoms with E-state index in [2.05, 4.69) is 6.92 Å². The van der Waals surface area contributed by atoms with E-state index in [-0.39, 0.29) is 29.0 Å². The molecule has 2 aliphatic rings. The molecule has 160 valence electrons. The minimum Gasteiger partial charge on any atom is -0.452 e. The molecule has 9 heteroatoms. The van der Waals surface area contributed by atoms with E-state index in [1.54, 1.807) is 4.90 Å². The Morgan fingerprint density at radius 3 is 2.45 bits per heavy atom. The fraction of sp³-hybridized carbons (Fsp3) is 0.600. The number of likely N-dealkylation sites (tertiary alicyclic amines) is 1. The first kappa shape index (κ1) is 21.7. The summed E-state index contributed by atoms with van der Waals surface area (Å²) >= 11 is 0. The number of rotatable bonds is 6. The Balaban J connectivity index is 1.58. The van der Waals surface area contributed by atoms with E-state index in [9.17, 15) is 18.0 Å². The monoisotopic (exact) mass is 424 g/mol. The van der Waals surface area contributed by atoms with Gasteiger partial charge in [0.05, 0.1) is 23.7 Å². The van der Waals surface area contributed by atoms with Crippen LogP contribution in [0.3, 0.4) is 0 Å². The first-order chi connectivity index (χ1) is 13.9. The number of amides is 1. The van der Waals surface area contributed by atoms with Gasteiger partial charge in [0.15, 0.2) is 6.61 Å². The molecular formula is C20H28N2O6S. The molecule has 2 heterocycles. The standard InChI is InChI=1S/C20H28N2O6S/c1-2-17-5-3-4-10-22(17)19(23)15-28-20(24)16-6-8-18(9-7-16)29(25,26)21-11-13-27-14-12-21/h6-9,17H,2-5,10-15H2,1H3/t17-/m1/s1. The summed E-state index contributed by atoms with van der Waals surface area (Å²) in [6.07, 6.45) is 3.95. The lowest BCUT2D eigenvalue weighted by Crippen LogP contribution is -2.45. The minimum atomic E-state index is -3.61. The SMILES string of the molecule is CC[C@@H]1CCCCN1C(=O)COC(=O)c1ccc(S(=O)(=O)N2CCOCC2)cc1. The molecule has 3 rings (SSSR count). The van der Waals surface area contributed by atoms with Gasteiger partial charge in [-0.1, -0.05) is 6.92 Å². The van der Waals surface area contributed by atoms with Crippen LogP contribution >= 0.6 is 0 Å². The number of esters is 1. The summed E-state index contributed by atoms with van der Waals surface area (Å²) in [7, 11) is -3.61. The van der Waals surface area contributed by atoms with Crippen LogP contribution in [-0.2, 0) is 24.3 Å². The van der Waals surface area contributed by atoms with Crippen molar-refractivity contribution in [1.82, 2.24) is 9.21 Å². The number of piperidine rings is 1. The first-order valence-corrected chi connectivity index (χ1v) is 11.5. The first-order valence-electron chi connectivity index (χ1n) is 10.1. The number of hydrogen-bond acceptors (Lipinski definition) is 6. The predicted molar refractivity (Wildman–Crippen MR) is 106 cm³/mol. The molecule has 1 atom stereocenters. The van der Waals surface area contributed by atoms with Gasteiger partial charge in [0.2, 0.25) is 10.0 Å². The molecule has 2 fully saturated rings. The zero-order valence-corrected chi connectivity index (χ0v) is 17.5. The highest BCUT2D eigenvalue weighted by Gasteiger charge is 2.27. The Morgan fingerprint density at radius 1 is 1.10 bits per heavy atom. The summed E-state index contributed by atoms with van der Waals surface area (Å²) in [5.41, 5.74) is 0.212. The van der Waals surface area contributed by atoms with Gasteiger partial charge in [-0.2, -0.15) is 4.31 Å². The second-order valence-electron chi connectivity index (χ2n) is 7.26. The van der Waals surface area contributed by atoms with E-state index in [1.807, 2.05) is 0 Å². The summed E-state index contributed by atoms with van der Waals surface area (Å²) in [5, 5.41) is 0. The van der Waals surface area contributed by atoms with Crippen molar-refractivity contribution in [2.45, 2.75) is 43.5 Å². The lowest BCUT2D eigenvalue weighted by atomic mass is 10.00. The Labute approximate surface area is 171 Å². The fourth-order valence-electron chi connectivity index (χ4n) is 3.75. The van der Waals surface area contributed by atoms with E-state index in [0.29, 0.717) is 32.8 Å². The van der Waals surface area contributed by atoms with Crippen LogP contribution in [-0.4, -0.2) is 75.0 Å². The molecule has 2 saturated heterocycles. The topological polar surface area (TPSA) is 93.2 Å². The van der Waals surface area contributed by atoms with Crippen LogP contribution in [0, 0.1) is 0 Å². The number of carbonyl (C=O) groups excluding carboxylic acids is 2. The molecule has 2 aliphatic heterocycles. The highest BCUT2D eigenvalue weighted by atomic mass is 32.2. The van der Waals surface area contributed by atoms with Crippen molar-refractivity contribution in [2.75, 3.05) is 39.5 Å². The van der Waals surface area contributed by atoms with Gasteiger partial charge in [0.1, 0.15) is 0 Å². The summed E-state index contributed by atoms with van der Waals surface area (Å²) < 4.78 is 37.0. The molecule has 0 aliphatic carbocycles. The Hall–Kier alpha value is -1.97. The van der Waals surface area contributed by atoms with Crippen LogP contribution in [0.2, 0.25) is 0 Å². The van der Waals surface area contributed by atoms with Gasteiger partial charge in [-0.3, -0.25) is 4.79 Å². The van der Waals surface area contributed by atoms with Crippen LogP contribution in [0.15, 0.2) is 29.2 Å². The molecule has 0 aromatic heterocycles. The van der Waals surface area contributed by atoms with Crippen molar-refractivity contribution < 1.29 is 27.5 Å². The lowest BCUT2D eigenvalue weighted by Gasteiger charge is -2.35. The maximum absolute atomic E-state index is 12.6. The minimum absolute atomic E-state index is 0.117. The summed E-state index contributed by atoms with van der Waals surface area (Å²) in [6.45, 7) is 3.80. The van der Waals surface area contributed by atoms with Crippen LogP contribution in [0.1, 0.15) is 43.0 Å². The second kappa shape index (κ2) is 9.69. The van der Waals surface area contributed by atoms with E-state index in [0.717, 1.165) is 25.7 Å². The molecule has 0 N–H and O–H groups in total. The highest BCUT2D eigenvalue weighted by Crippen LogP contribution is 2.20. The molecule has 0 bridgehead atoms. The quantitative estimate of drug-likeness (QED) is 0.645. The lowest BCUT2D eigenvalue weighted by molar-refractivity contribution is -0.138. The molecule has 1 amide bonds. The third kappa shape index (κ3) is 5.15. The normalized spacial score (nSPS) is 21.0. The van der Waals surface area contributed by atoms with E-state index in [1.165, 1.54) is 28.6 Å². The van der Waals surface area contributed by atoms with Gasteiger partial charge < -0.3 is 14.4 Å². The van der Waals surface area contributed by atoms with E-state index >= 15 is 0 Å². The van der Waals surface area contributed by atoms with Gasteiger partial charge in [-0.25, -0.2) is 13.2 Å². The fourth-order valence-corrected chi connectivity index (χ4v) is 5.15. The zero-order chi connectivity index (χ0) is 20.9. The predicted octanol–water partition coefficient (Wildman–Crippen LogP) is 1.66. The van der Waals surface area contributed by atoms with E-state index < -0.39 is 16.0 Å². The molecule has 8 nitrogen and oxygen atoms in total. The average molecular weight is 425 g/mol. The molecule has 1 aromatic rings. The van der Waals surface area contributed by atoms with Crippen molar-refractivity contribution in [2.24, 2.45) is 0 Å². The number of ether oxygens (including phenoxy) is 2. The van der Waals surface area contributed by atoms with Crippen molar-refractivity contribution in [1.29, 1.82) is 0 Å². The number of nitrogens with zero attached hydrogens (tertiary/aromatic N) is 2. The second-order valence-corrected chi connectivity index (χ2v) is 9.20. The van der Waals surface area contributed by atoms with Gasteiger partial charge in [-0.15, -0.1) is 0 Å². The molecule has 29 heavy (non-hydrogen) atoms. The Morgan fingerprint density at radius 2 is 1.79 bits per heavy atom. The van der Waals surface area contributed by atoms with Crippen LogP contribution in [0.5, 0.6) is 0 Å². The molecule has 0 unspecified atom stereocenters. The molecule has 0 spiro atoms. The molecule has 0 radical (unpaired) electrons. The highest BCUT2D eigenvalue weighted by molar-refractivity contribution is 7.89. The average Bonchev–Trinajstić information content (AvgIpc) is 2.77. The van der Waals surface area contributed by atoms with Crippen LogP contribution in [0.25, 0.3) is 0 Å². The number of morpholine rings is 1. The van der Waals surface area contributed by atoms with Gasteiger partial charge >= 0.3 is 5.97 Å². The number of hydrogen-bond donors (Lipinski definition) is 0.